The molecule has 0 bridgehead atoms. The molecule has 0 unspecified atom stereocenters. The van der Waals surface area contributed by atoms with E-state index in [-0.39, 0.29) is 5.69 Å². The van der Waals surface area contributed by atoms with Crippen LogP contribution in [0.4, 0.5) is 13.2 Å². The van der Waals surface area contributed by atoms with Gasteiger partial charge in [0.1, 0.15) is 6.54 Å². The van der Waals surface area contributed by atoms with E-state index in [2.05, 4.69) is 5.10 Å². The van der Waals surface area contributed by atoms with Crippen LogP contribution < -0.4 is 5.32 Å². The predicted octanol–water partition coefficient (Wildman–Crippen LogP) is 2.82. The zero-order chi connectivity index (χ0) is 14.8. The van der Waals surface area contributed by atoms with E-state index in [0.717, 1.165) is 0 Å². The molecule has 0 saturated carbocycles. The van der Waals surface area contributed by atoms with Crippen molar-refractivity contribution >= 4 is 17.5 Å². The number of rotatable bonds is 3. The summed E-state index contributed by atoms with van der Waals surface area (Å²) >= 11 is 5.96. The maximum atomic E-state index is 12.0. The molecule has 1 aromatic carbocycles. The second kappa shape index (κ2) is 5.54. The number of nitrogens with zero attached hydrogens (tertiary/aromatic N) is 2. The molecule has 0 aliphatic carbocycles. The van der Waals surface area contributed by atoms with E-state index >= 15 is 0 Å². The van der Waals surface area contributed by atoms with Crippen LogP contribution >= 0.6 is 11.6 Å². The molecule has 2 rings (SSSR count). The van der Waals surface area contributed by atoms with E-state index in [1.807, 2.05) is 0 Å². The van der Waals surface area contributed by atoms with Crippen LogP contribution in [-0.2, 0) is 0 Å². The minimum absolute atomic E-state index is 0.117. The van der Waals surface area contributed by atoms with Crippen molar-refractivity contribution in [2.24, 2.45) is 0 Å². The Morgan fingerprint density at radius 3 is 2.65 bits per heavy atom. The second-order valence-electron chi connectivity index (χ2n) is 3.89. The Morgan fingerprint density at radius 1 is 1.30 bits per heavy atom. The lowest BCUT2D eigenvalue weighted by Crippen LogP contribution is -2.33. The van der Waals surface area contributed by atoms with E-state index in [0.29, 0.717) is 10.7 Å². The molecule has 1 heterocycles. The Balaban J connectivity index is 2.13. The Hall–Kier alpha value is -2.02. The lowest BCUT2D eigenvalue weighted by atomic mass is 10.3. The Morgan fingerprint density at radius 2 is 2.00 bits per heavy atom. The van der Waals surface area contributed by atoms with Crippen LogP contribution in [0.3, 0.4) is 0 Å². The predicted molar refractivity (Wildman–Crippen MR) is 67.0 cm³/mol. The molecule has 106 valence electrons. The van der Waals surface area contributed by atoms with Crippen molar-refractivity contribution in [1.82, 2.24) is 15.1 Å². The van der Waals surface area contributed by atoms with Crippen LogP contribution in [0.25, 0.3) is 5.69 Å². The van der Waals surface area contributed by atoms with Crippen LogP contribution in [0.1, 0.15) is 10.5 Å². The normalized spacial score (nSPS) is 11.4. The van der Waals surface area contributed by atoms with Gasteiger partial charge in [-0.1, -0.05) is 23.7 Å². The van der Waals surface area contributed by atoms with Crippen molar-refractivity contribution in [3.8, 4) is 5.69 Å². The first-order valence-electron chi connectivity index (χ1n) is 5.52. The summed E-state index contributed by atoms with van der Waals surface area (Å²) < 4.78 is 37.3. The van der Waals surface area contributed by atoms with E-state index in [1.54, 1.807) is 29.6 Å². The molecule has 0 aliphatic heterocycles. The molecule has 0 saturated heterocycles. The van der Waals surface area contributed by atoms with E-state index in [1.165, 1.54) is 16.9 Å². The molecular formula is C12H9ClF3N3O. The third-order valence-electron chi connectivity index (χ3n) is 2.37. The summed E-state index contributed by atoms with van der Waals surface area (Å²) in [6.07, 6.45) is -3.01. The number of alkyl halides is 3. The van der Waals surface area contributed by atoms with Gasteiger partial charge in [-0.05, 0) is 18.2 Å². The largest absolute Gasteiger partial charge is 0.405 e. The van der Waals surface area contributed by atoms with Crippen molar-refractivity contribution < 1.29 is 18.0 Å². The molecule has 2 aromatic rings. The first kappa shape index (κ1) is 14.4. The number of hydrogen-bond donors (Lipinski definition) is 1. The highest BCUT2D eigenvalue weighted by atomic mass is 35.5. The summed E-state index contributed by atoms with van der Waals surface area (Å²) in [6, 6.07) is 8.09. The molecule has 0 radical (unpaired) electrons. The number of para-hydroxylation sites is 1. The zero-order valence-corrected chi connectivity index (χ0v) is 10.7. The van der Waals surface area contributed by atoms with Crippen molar-refractivity contribution in [2.45, 2.75) is 6.18 Å². The van der Waals surface area contributed by atoms with E-state index < -0.39 is 18.6 Å². The lowest BCUT2D eigenvalue weighted by Gasteiger charge is -2.06. The van der Waals surface area contributed by atoms with Gasteiger partial charge < -0.3 is 5.32 Å². The summed E-state index contributed by atoms with van der Waals surface area (Å²) in [5.41, 5.74) is 0.415. The van der Waals surface area contributed by atoms with Gasteiger partial charge in [0, 0.05) is 6.20 Å². The average Bonchev–Trinajstić information content (AvgIpc) is 2.85. The molecule has 0 aliphatic rings. The number of amides is 1. The van der Waals surface area contributed by atoms with Crippen molar-refractivity contribution in [2.75, 3.05) is 6.54 Å². The van der Waals surface area contributed by atoms with Gasteiger partial charge in [-0.3, -0.25) is 4.79 Å². The fourth-order valence-corrected chi connectivity index (χ4v) is 1.71. The fraction of sp³-hybridized carbons (Fsp3) is 0.167. The minimum Gasteiger partial charge on any atom is -0.342 e. The fourth-order valence-electron chi connectivity index (χ4n) is 1.49. The first-order valence-corrected chi connectivity index (χ1v) is 5.90. The SMILES string of the molecule is O=C(NCC(F)(F)F)c1ccn(-c2ccccc2Cl)n1. The molecule has 20 heavy (non-hydrogen) atoms. The Bertz CT molecular complexity index is 624. The van der Waals surface area contributed by atoms with E-state index in [4.69, 9.17) is 11.6 Å². The molecule has 1 aromatic heterocycles. The number of benzene rings is 1. The third kappa shape index (κ3) is 3.51. The molecular weight excluding hydrogens is 295 g/mol. The van der Waals surface area contributed by atoms with Gasteiger partial charge in [0.05, 0.1) is 10.7 Å². The smallest absolute Gasteiger partial charge is 0.342 e. The molecule has 0 fully saturated rings. The number of nitrogens with one attached hydrogen (secondary N) is 1. The molecule has 1 amide bonds. The van der Waals surface area contributed by atoms with Crippen LogP contribution in [0.5, 0.6) is 0 Å². The summed E-state index contributed by atoms with van der Waals surface area (Å²) in [5.74, 6) is -0.895. The zero-order valence-electron chi connectivity index (χ0n) is 9.99. The van der Waals surface area contributed by atoms with Gasteiger partial charge in [-0.2, -0.15) is 18.3 Å². The summed E-state index contributed by atoms with van der Waals surface area (Å²) in [6.45, 7) is -1.40. The Kier molecular flexibility index (Phi) is 3.99. The van der Waals surface area contributed by atoms with Crippen LogP contribution in [0, 0.1) is 0 Å². The topological polar surface area (TPSA) is 46.9 Å². The highest BCUT2D eigenvalue weighted by Crippen LogP contribution is 2.19. The van der Waals surface area contributed by atoms with Crippen molar-refractivity contribution in [3.05, 3.63) is 47.2 Å². The molecule has 1 N–H and O–H groups in total. The quantitative estimate of drug-likeness (QED) is 0.948. The van der Waals surface area contributed by atoms with Crippen molar-refractivity contribution in [3.63, 3.8) is 0 Å². The third-order valence-corrected chi connectivity index (χ3v) is 2.69. The molecule has 0 atom stereocenters. The number of carbonyl (C=O) groups excluding carboxylic acids is 1. The summed E-state index contributed by atoms with van der Waals surface area (Å²) in [5, 5.41) is 6.05. The van der Waals surface area contributed by atoms with Crippen LogP contribution in [-0.4, -0.2) is 28.4 Å². The maximum Gasteiger partial charge on any atom is 0.405 e. The van der Waals surface area contributed by atoms with E-state index in [9.17, 15) is 18.0 Å². The minimum atomic E-state index is -4.46. The van der Waals surface area contributed by atoms with Crippen LogP contribution in [0.2, 0.25) is 5.02 Å². The molecule has 4 nitrogen and oxygen atoms in total. The van der Waals surface area contributed by atoms with Gasteiger partial charge in [-0.25, -0.2) is 4.68 Å². The monoisotopic (exact) mass is 303 g/mol. The number of hydrogen-bond acceptors (Lipinski definition) is 2. The van der Waals surface area contributed by atoms with Crippen molar-refractivity contribution in [1.29, 1.82) is 0 Å². The number of halogens is 4. The van der Waals surface area contributed by atoms with Crippen LogP contribution in [0.15, 0.2) is 36.5 Å². The standard InChI is InChI=1S/C12H9ClF3N3O/c13-8-3-1-2-4-10(8)19-6-5-9(18-19)11(20)17-7-12(14,15)16/h1-6H,7H2,(H,17,20). The highest BCUT2D eigenvalue weighted by molar-refractivity contribution is 6.32. The second-order valence-corrected chi connectivity index (χ2v) is 4.30. The van der Waals surface area contributed by atoms with Gasteiger partial charge in [0.2, 0.25) is 0 Å². The van der Waals surface area contributed by atoms with Gasteiger partial charge in [0.25, 0.3) is 5.91 Å². The average molecular weight is 304 g/mol. The number of aromatic nitrogens is 2. The van der Waals surface area contributed by atoms with Gasteiger partial charge in [0.15, 0.2) is 5.69 Å². The van der Waals surface area contributed by atoms with Gasteiger partial charge in [-0.15, -0.1) is 0 Å². The van der Waals surface area contributed by atoms with Gasteiger partial charge >= 0.3 is 6.18 Å². The lowest BCUT2D eigenvalue weighted by molar-refractivity contribution is -0.123. The molecule has 8 heteroatoms. The number of carbonyl (C=O) groups is 1. The summed E-state index contributed by atoms with van der Waals surface area (Å²) in [4.78, 5) is 11.5. The Labute approximate surface area is 117 Å². The highest BCUT2D eigenvalue weighted by Gasteiger charge is 2.28. The first-order chi connectivity index (χ1) is 9.37. The maximum absolute atomic E-state index is 12.0. The molecule has 0 spiro atoms. The summed E-state index contributed by atoms with van der Waals surface area (Å²) in [7, 11) is 0.